The van der Waals surface area contributed by atoms with Crippen molar-refractivity contribution >= 4 is 5.69 Å². The van der Waals surface area contributed by atoms with E-state index in [1.165, 1.54) is 18.2 Å². The van der Waals surface area contributed by atoms with E-state index in [2.05, 4.69) is 0 Å². The van der Waals surface area contributed by atoms with Crippen LogP contribution in [0.3, 0.4) is 0 Å². The molecule has 2 aromatic rings. The second-order valence-corrected chi connectivity index (χ2v) is 6.20. The van der Waals surface area contributed by atoms with E-state index in [0.29, 0.717) is 19.5 Å². The van der Waals surface area contributed by atoms with E-state index in [0.717, 1.165) is 24.1 Å². The van der Waals surface area contributed by atoms with Crippen LogP contribution in [0, 0.1) is 23.4 Å². The molecule has 0 bridgehead atoms. The van der Waals surface area contributed by atoms with Crippen molar-refractivity contribution in [3.8, 4) is 0 Å². The molecule has 0 amide bonds. The van der Waals surface area contributed by atoms with Crippen molar-refractivity contribution in [1.29, 1.82) is 0 Å². The van der Waals surface area contributed by atoms with E-state index < -0.39 is 11.6 Å². The van der Waals surface area contributed by atoms with Gasteiger partial charge in [0.1, 0.15) is 17.5 Å². The molecule has 1 fully saturated rings. The van der Waals surface area contributed by atoms with Crippen LogP contribution >= 0.6 is 0 Å². The number of nitrogens with zero attached hydrogens (tertiary/aromatic N) is 1. The second kappa shape index (κ2) is 6.62. The summed E-state index contributed by atoms with van der Waals surface area (Å²) in [6.07, 6.45) is 1.45. The number of halogens is 3. The topological polar surface area (TPSA) is 29.3 Å². The van der Waals surface area contributed by atoms with E-state index in [1.54, 1.807) is 11.0 Å². The Hall–Kier alpha value is -2.01. The van der Waals surface area contributed by atoms with Crippen LogP contribution in [0.4, 0.5) is 18.9 Å². The molecule has 2 atom stereocenters. The molecule has 0 radical (unpaired) electrons. The minimum Gasteiger partial charge on any atom is -0.367 e. The van der Waals surface area contributed by atoms with Crippen molar-refractivity contribution in [3.63, 3.8) is 0 Å². The molecule has 2 N–H and O–H groups in total. The molecule has 122 valence electrons. The number of hydrogen-bond acceptors (Lipinski definition) is 2. The highest BCUT2D eigenvalue weighted by atomic mass is 19.1. The van der Waals surface area contributed by atoms with Gasteiger partial charge in [-0.05, 0) is 48.6 Å². The van der Waals surface area contributed by atoms with Gasteiger partial charge in [0.2, 0.25) is 0 Å². The average molecular weight is 320 g/mol. The first kappa shape index (κ1) is 15.9. The molecule has 2 nitrogen and oxygen atoms in total. The standard InChI is InChI=1S/C18H19F3N2/c19-14-3-1-2-12(7-14)6-13-8-16(22)11-23(10-13)18-9-15(20)4-5-17(18)21/h1-5,7,9,13,16H,6,8,10-11,22H2. The number of anilines is 1. The monoisotopic (exact) mass is 320 g/mol. The van der Waals surface area contributed by atoms with Crippen LogP contribution in [0.25, 0.3) is 0 Å². The van der Waals surface area contributed by atoms with E-state index in [9.17, 15) is 13.2 Å². The Bertz CT molecular complexity index is 690. The Morgan fingerprint density at radius 1 is 1.00 bits per heavy atom. The maximum atomic E-state index is 14.0. The van der Waals surface area contributed by atoms with Crippen molar-refractivity contribution in [2.45, 2.75) is 18.9 Å². The highest BCUT2D eigenvalue weighted by Crippen LogP contribution is 2.28. The van der Waals surface area contributed by atoms with E-state index in [1.807, 2.05) is 6.07 Å². The lowest BCUT2D eigenvalue weighted by atomic mass is 9.88. The maximum Gasteiger partial charge on any atom is 0.146 e. The van der Waals surface area contributed by atoms with E-state index in [-0.39, 0.29) is 23.5 Å². The average Bonchev–Trinajstić information content (AvgIpc) is 2.49. The van der Waals surface area contributed by atoms with Crippen molar-refractivity contribution < 1.29 is 13.2 Å². The van der Waals surface area contributed by atoms with Gasteiger partial charge in [0.25, 0.3) is 0 Å². The Balaban J connectivity index is 1.77. The van der Waals surface area contributed by atoms with E-state index in [4.69, 9.17) is 5.73 Å². The molecular formula is C18H19F3N2. The minimum atomic E-state index is -0.470. The zero-order valence-electron chi connectivity index (χ0n) is 12.7. The van der Waals surface area contributed by atoms with Crippen LogP contribution in [-0.4, -0.2) is 19.1 Å². The molecule has 0 aliphatic carbocycles. The Morgan fingerprint density at radius 3 is 2.57 bits per heavy atom. The summed E-state index contributed by atoms with van der Waals surface area (Å²) >= 11 is 0. The molecule has 1 saturated heterocycles. The molecular weight excluding hydrogens is 301 g/mol. The van der Waals surface area contributed by atoms with Gasteiger partial charge < -0.3 is 10.6 Å². The van der Waals surface area contributed by atoms with Crippen LogP contribution in [-0.2, 0) is 6.42 Å². The molecule has 2 aromatic carbocycles. The number of piperidine rings is 1. The molecule has 0 spiro atoms. The van der Waals surface area contributed by atoms with Crippen molar-refractivity contribution in [2.24, 2.45) is 11.7 Å². The van der Waals surface area contributed by atoms with Crippen LogP contribution in [0.2, 0.25) is 0 Å². The molecule has 1 heterocycles. The summed E-state index contributed by atoms with van der Waals surface area (Å²) in [5.41, 5.74) is 7.23. The molecule has 3 rings (SSSR count). The van der Waals surface area contributed by atoms with Crippen molar-refractivity contribution in [2.75, 3.05) is 18.0 Å². The SMILES string of the molecule is NC1CC(Cc2cccc(F)c2)CN(c2cc(F)ccc2F)C1. The third-order valence-electron chi connectivity index (χ3n) is 4.23. The summed E-state index contributed by atoms with van der Waals surface area (Å²) in [5.74, 6) is -1.02. The fourth-order valence-corrected chi connectivity index (χ4v) is 3.32. The zero-order chi connectivity index (χ0) is 16.4. The van der Waals surface area contributed by atoms with Gasteiger partial charge in [-0.25, -0.2) is 13.2 Å². The highest BCUT2D eigenvalue weighted by molar-refractivity contribution is 5.49. The lowest BCUT2D eigenvalue weighted by molar-refractivity contribution is 0.371. The fraction of sp³-hybridized carbons (Fsp3) is 0.333. The summed E-state index contributed by atoms with van der Waals surface area (Å²) in [4.78, 5) is 1.79. The van der Waals surface area contributed by atoms with Gasteiger partial charge in [-0.1, -0.05) is 12.1 Å². The lowest BCUT2D eigenvalue weighted by Gasteiger charge is -2.38. The van der Waals surface area contributed by atoms with Gasteiger partial charge in [0.05, 0.1) is 5.69 Å². The van der Waals surface area contributed by atoms with Crippen molar-refractivity contribution in [3.05, 3.63) is 65.5 Å². The Kier molecular flexibility index (Phi) is 4.57. The van der Waals surface area contributed by atoms with Gasteiger partial charge in [0, 0.05) is 25.2 Å². The lowest BCUT2D eigenvalue weighted by Crippen LogP contribution is -2.48. The first-order chi connectivity index (χ1) is 11.0. The van der Waals surface area contributed by atoms with Gasteiger partial charge in [-0.2, -0.15) is 0 Å². The largest absolute Gasteiger partial charge is 0.367 e. The van der Waals surface area contributed by atoms with Gasteiger partial charge >= 0.3 is 0 Å². The van der Waals surface area contributed by atoms with Gasteiger partial charge in [0.15, 0.2) is 0 Å². The number of hydrogen-bond donors (Lipinski definition) is 1. The van der Waals surface area contributed by atoms with Gasteiger partial charge in [-0.15, -0.1) is 0 Å². The van der Waals surface area contributed by atoms with E-state index >= 15 is 0 Å². The Morgan fingerprint density at radius 2 is 1.78 bits per heavy atom. The summed E-state index contributed by atoms with van der Waals surface area (Å²) in [6.45, 7) is 1.06. The molecule has 2 unspecified atom stereocenters. The Labute approximate surface area is 133 Å². The summed E-state index contributed by atoms with van der Waals surface area (Å²) < 4.78 is 40.7. The smallest absolute Gasteiger partial charge is 0.146 e. The first-order valence-electron chi connectivity index (χ1n) is 7.71. The predicted molar refractivity (Wildman–Crippen MR) is 84.8 cm³/mol. The molecule has 5 heteroatoms. The quantitative estimate of drug-likeness (QED) is 0.938. The third-order valence-corrected chi connectivity index (χ3v) is 4.23. The summed E-state index contributed by atoms with van der Waals surface area (Å²) in [7, 11) is 0. The van der Waals surface area contributed by atoms with Crippen LogP contribution in [0.1, 0.15) is 12.0 Å². The molecule has 1 aliphatic rings. The van der Waals surface area contributed by atoms with Gasteiger partial charge in [-0.3, -0.25) is 0 Å². The first-order valence-corrected chi connectivity index (χ1v) is 7.71. The second-order valence-electron chi connectivity index (χ2n) is 6.20. The maximum absolute atomic E-state index is 14.0. The normalized spacial score (nSPS) is 21.5. The zero-order valence-corrected chi connectivity index (χ0v) is 12.7. The molecule has 1 aliphatic heterocycles. The summed E-state index contributed by atoms with van der Waals surface area (Å²) in [5, 5.41) is 0. The van der Waals surface area contributed by atoms with Crippen LogP contribution in [0.15, 0.2) is 42.5 Å². The third kappa shape index (κ3) is 3.85. The van der Waals surface area contributed by atoms with Crippen molar-refractivity contribution in [1.82, 2.24) is 0 Å². The number of rotatable bonds is 3. The predicted octanol–water partition coefficient (Wildman–Crippen LogP) is 3.50. The number of nitrogens with two attached hydrogens (primary N) is 1. The van der Waals surface area contributed by atoms with Crippen LogP contribution in [0.5, 0.6) is 0 Å². The minimum absolute atomic E-state index is 0.120. The molecule has 23 heavy (non-hydrogen) atoms. The summed E-state index contributed by atoms with van der Waals surface area (Å²) in [6, 6.07) is 9.78. The van der Waals surface area contributed by atoms with Crippen LogP contribution < -0.4 is 10.6 Å². The number of benzene rings is 2. The molecule has 0 aromatic heterocycles. The fourth-order valence-electron chi connectivity index (χ4n) is 3.32. The highest BCUT2D eigenvalue weighted by Gasteiger charge is 2.27. The molecule has 0 saturated carbocycles.